The number of aromatic hydroxyl groups is 1. The highest BCUT2D eigenvalue weighted by atomic mass is 79.9. The first-order valence-electron chi connectivity index (χ1n) is 9.01. The van der Waals surface area contributed by atoms with Gasteiger partial charge in [0.25, 0.3) is 0 Å². The van der Waals surface area contributed by atoms with Crippen molar-refractivity contribution in [3.05, 3.63) is 52.5 Å². The van der Waals surface area contributed by atoms with Crippen LogP contribution < -0.4 is 10.2 Å². The molecule has 0 saturated carbocycles. The minimum atomic E-state index is -0.394. The summed E-state index contributed by atoms with van der Waals surface area (Å²) < 4.78 is 0.925. The summed E-state index contributed by atoms with van der Waals surface area (Å²) in [5, 5.41) is 20.3. The van der Waals surface area contributed by atoms with Gasteiger partial charge in [-0.25, -0.2) is 0 Å². The number of anilines is 1. The van der Waals surface area contributed by atoms with Gasteiger partial charge in [0.2, 0.25) is 11.8 Å². The van der Waals surface area contributed by atoms with Crippen LogP contribution in [0.4, 0.5) is 5.82 Å². The lowest BCUT2D eigenvalue weighted by atomic mass is 10.1. The highest BCUT2D eigenvalue weighted by Crippen LogP contribution is 2.31. The van der Waals surface area contributed by atoms with Crippen LogP contribution in [0.1, 0.15) is 12.0 Å². The fourth-order valence-electron chi connectivity index (χ4n) is 3.41. The molecule has 0 spiro atoms. The summed E-state index contributed by atoms with van der Waals surface area (Å²) in [5.74, 6) is 0.157. The third-order valence-corrected chi connectivity index (χ3v) is 5.40. The minimum Gasteiger partial charge on any atom is -0.508 e. The van der Waals surface area contributed by atoms with Gasteiger partial charge in [0, 0.05) is 29.4 Å². The maximum absolute atomic E-state index is 12.5. The van der Waals surface area contributed by atoms with Crippen molar-refractivity contribution in [3.63, 3.8) is 0 Å². The normalized spacial score (nSPS) is 16.7. The van der Waals surface area contributed by atoms with Crippen molar-refractivity contribution in [1.82, 2.24) is 15.5 Å². The van der Waals surface area contributed by atoms with Crippen LogP contribution in [0.5, 0.6) is 5.75 Å². The van der Waals surface area contributed by atoms with Crippen molar-refractivity contribution in [2.24, 2.45) is 5.92 Å². The Bertz CT molecular complexity index is 1030. The molecule has 144 valence electrons. The average Bonchev–Trinajstić information content (AvgIpc) is 3.26. The molecule has 1 atom stereocenters. The largest absolute Gasteiger partial charge is 0.508 e. The molecule has 7 nitrogen and oxygen atoms in total. The number of rotatable bonds is 5. The number of amides is 2. The molecule has 4 rings (SSSR count). The number of phenols is 1. The molecule has 3 aromatic rings. The number of H-pyrrole nitrogens is 1. The SMILES string of the molecule is O=C(NCCc1ccc(O)cc1)[C@@H]1CC(=O)N(c2n[nH]c3cc(Br)ccc23)C1. The number of benzene rings is 2. The highest BCUT2D eigenvalue weighted by molar-refractivity contribution is 9.10. The predicted octanol–water partition coefficient (Wildman–Crippen LogP) is 2.74. The van der Waals surface area contributed by atoms with Crippen LogP contribution in [0.3, 0.4) is 0 Å². The van der Waals surface area contributed by atoms with E-state index in [4.69, 9.17) is 0 Å². The second-order valence-electron chi connectivity index (χ2n) is 6.85. The maximum atomic E-state index is 12.5. The lowest BCUT2D eigenvalue weighted by Gasteiger charge is -2.14. The average molecular weight is 443 g/mol. The van der Waals surface area contributed by atoms with Crippen LogP contribution in [-0.4, -0.2) is 40.2 Å². The summed E-state index contributed by atoms with van der Waals surface area (Å²) in [6.45, 7) is 0.799. The molecule has 0 unspecified atom stereocenters. The third-order valence-electron chi connectivity index (χ3n) is 4.91. The molecular formula is C20H19BrN4O3. The van der Waals surface area contributed by atoms with Crippen molar-refractivity contribution in [1.29, 1.82) is 0 Å². The summed E-state index contributed by atoms with van der Waals surface area (Å²) in [6.07, 6.45) is 0.838. The molecule has 0 bridgehead atoms. The smallest absolute Gasteiger partial charge is 0.229 e. The minimum absolute atomic E-state index is 0.102. The van der Waals surface area contributed by atoms with Gasteiger partial charge in [0.1, 0.15) is 5.75 Å². The number of carbonyl (C=O) groups is 2. The Hall–Kier alpha value is -2.87. The zero-order valence-corrected chi connectivity index (χ0v) is 16.6. The second kappa shape index (κ2) is 7.63. The van der Waals surface area contributed by atoms with E-state index in [1.165, 1.54) is 0 Å². The van der Waals surface area contributed by atoms with Crippen molar-refractivity contribution in [2.75, 3.05) is 18.0 Å². The predicted molar refractivity (Wildman–Crippen MR) is 109 cm³/mol. The Morgan fingerprint density at radius 1 is 1.29 bits per heavy atom. The number of fused-ring (bicyclic) bond motifs is 1. The zero-order valence-electron chi connectivity index (χ0n) is 15.0. The summed E-state index contributed by atoms with van der Waals surface area (Å²) in [5.41, 5.74) is 1.86. The topological polar surface area (TPSA) is 98.3 Å². The molecule has 2 amide bonds. The van der Waals surface area contributed by atoms with E-state index in [1.54, 1.807) is 17.0 Å². The van der Waals surface area contributed by atoms with E-state index < -0.39 is 5.92 Å². The van der Waals surface area contributed by atoms with E-state index in [-0.39, 0.29) is 24.0 Å². The van der Waals surface area contributed by atoms with Crippen molar-refractivity contribution in [3.8, 4) is 5.75 Å². The molecule has 28 heavy (non-hydrogen) atoms. The van der Waals surface area contributed by atoms with Crippen LogP contribution >= 0.6 is 15.9 Å². The second-order valence-corrected chi connectivity index (χ2v) is 7.77. The number of nitrogens with zero attached hydrogens (tertiary/aromatic N) is 2. The number of carbonyl (C=O) groups excluding carboxylic acids is 2. The Kier molecular flexibility index (Phi) is 5.04. The first kappa shape index (κ1) is 18.5. The Labute approximate surface area is 169 Å². The molecule has 1 saturated heterocycles. The molecule has 3 N–H and O–H groups in total. The molecule has 0 radical (unpaired) electrons. The summed E-state index contributed by atoms with van der Waals surface area (Å²) >= 11 is 3.42. The Balaban J connectivity index is 1.38. The maximum Gasteiger partial charge on any atom is 0.229 e. The van der Waals surface area contributed by atoms with Gasteiger partial charge in [0.15, 0.2) is 5.82 Å². The number of hydrogen-bond acceptors (Lipinski definition) is 4. The molecule has 2 heterocycles. The van der Waals surface area contributed by atoms with E-state index in [0.29, 0.717) is 25.3 Å². The van der Waals surface area contributed by atoms with E-state index in [9.17, 15) is 14.7 Å². The monoisotopic (exact) mass is 442 g/mol. The summed E-state index contributed by atoms with van der Waals surface area (Å²) in [4.78, 5) is 26.6. The fraction of sp³-hybridized carbons (Fsp3) is 0.250. The first-order valence-corrected chi connectivity index (χ1v) is 9.80. The molecule has 0 aliphatic carbocycles. The first-order chi connectivity index (χ1) is 13.5. The van der Waals surface area contributed by atoms with Gasteiger partial charge in [-0.3, -0.25) is 19.6 Å². The molecule has 8 heteroatoms. The summed E-state index contributed by atoms with van der Waals surface area (Å²) in [7, 11) is 0. The van der Waals surface area contributed by atoms with Crippen molar-refractivity contribution in [2.45, 2.75) is 12.8 Å². The number of aromatic amines is 1. The van der Waals surface area contributed by atoms with Crippen molar-refractivity contribution < 1.29 is 14.7 Å². The third kappa shape index (κ3) is 3.73. The van der Waals surface area contributed by atoms with Gasteiger partial charge in [0.05, 0.1) is 11.4 Å². The summed E-state index contributed by atoms with van der Waals surface area (Å²) in [6, 6.07) is 12.6. The molecule has 2 aromatic carbocycles. The van der Waals surface area contributed by atoms with Gasteiger partial charge >= 0.3 is 0 Å². The van der Waals surface area contributed by atoms with Crippen LogP contribution in [0.25, 0.3) is 10.9 Å². The van der Waals surface area contributed by atoms with Crippen LogP contribution in [0, 0.1) is 5.92 Å². The van der Waals surface area contributed by atoms with Gasteiger partial charge in [-0.05, 0) is 42.3 Å². The molecule has 1 aromatic heterocycles. The van der Waals surface area contributed by atoms with E-state index in [2.05, 4.69) is 31.4 Å². The van der Waals surface area contributed by atoms with E-state index >= 15 is 0 Å². The van der Waals surface area contributed by atoms with Gasteiger partial charge < -0.3 is 10.4 Å². The number of nitrogens with one attached hydrogen (secondary N) is 2. The number of halogens is 1. The van der Waals surface area contributed by atoms with Gasteiger partial charge in [-0.2, -0.15) is 5.10 Å². The lowest BCUT2D eigenvalue weighted by molar-refractivity contribution is -0.126. The van der Waals surface area contributed by atoms with Crippen LogP contribution in [0.15, 0.2) is 46.9 Å². The zero-order chi connectivity index (χ0) is 19.7. The molecule has 1 aliphatic rings. The van der Waals surface area contributed by atoms with Crippen LogP contribution in [-0.2, 0) is 16.0 Å². The van der Waals surface area contributed by atoms with Gasteiger partial charge in [-0.1, -0.05) is 28.1 Å². The number of phenolic OH excluding ortho intramolecular Hbond substituents is 1. The molecule has 1 aliphatic heterocycles. The Morgan fingerprint density at radius 2 is 2.07 bits per heavy atom. The lowest BCUT2D eigenvalue weighted by Crippen LogP contribution is -2.34. The molecule has 1 fully saturated rings. The highest BCUT2D eigenvalue weighted by Gasteiger charge is 2.36. The molecular weight excluding hydrogens is 424 g/mol. The number of hydrogen-bond donors (Lipinski definition) is 3. The Morgan fingerprint density at radius 3 is 2.86 bits per heavy atom. The standard InChI is InChI=1S/C20H19BrN4O3/c21-14-3-6-16-17(10-14)23-24-19(16)25-11-13(9-18(25)27)20(28)22-8-7-12-1-4-15(26)5-2-12/h1-6,10,13,26H,7-9,11H2,(H,22,28)(H,23,24)/t13-/m1/s1. The number of aromatic nitrogens is 2. The van der Waals surface area contributed by atoms with Crippen molar-refractivity contribution >= 4 is 44.5 Å². The van der Waals surface area contributed by atoms with Gasteiger partial charge in [-0.15, -0.1) is 0 Å². The van der Waals surface area contributed by atoms with E-state index in [1.807, 2.05) is 30.3 Å². The quantitative estimate of drug-likeness (QED) is 0.565. The van der Waals surface area contributed by atoms with E-state index in [0.717, 1.165) is 20.9 Å². The fourth-order valence-corrected chi connectivity index (χ4v) is 3.77. The van der Waals surface area contributed by atoms with Crippen LogP contribution in [0.2, 0.25) is 0 Å².